The summed E-state index contributed by atoms with van der Waals surface area (Å²) in [4.78, 5) is 10.9. The molecule has 12 rings (SSSR count). The molecule has 0 saturated heterocycles. The fraction of sp³-hybridized carbons (Fsp3) is 0. The molecule has 270 valence electrons. The number of nitrogens with zero attached hydrogens (tertiary/aromatic N) is 4. The number of para-hydroxylation sites is 3. The fourth-order valence-corrected chi connectivity index (χ4v) is 9.00. The van der Waals surface area contributed by atoms with Gasteiger partial charge in [0, 0.05) is 43.6 Å². The molecule has 12 aromatic rings. The SMILES string of the molecule is c1ccc(-c2ccc(-c3nc(-n4c5ccccc5c5cc(-c6ccc7c(c6)c6ccccc6n7-c6ccccc6)ccc54)nc4c3ccc3ccccc34)cc2)cc1. The Kier molecular flexibility index (Phi) is 7.20. The van der Waals surface area contributed by atoms with Crippen LogP contribution in [0.1, 0.15) is 0 Å². The van der Waals surface area contributed by atoms with Gasteiger partial charge >= 0.3 is 0 Å². The number of aromatic nitrogens is 4. The zero-order valence-electron chi connectivity index (χ0n) is 31.4. The highest BCUT2D eigenvalue weighted by atomic mass is 15.2. The van der Waals surface area contributed by atoms with Crippen LogP contribution in [0.3, 0.4) is 0 Å². The van der Waals surface area contributed by atoms with Crippen LogP contribution < -0.4 is 0 Å². The molecule has 0 bridgehead atoms. The third-order valence-corrected chi connectivity index (χ3v) is 11.7. The molecule has 4 heteroatoms. The largest absolute Gasteiger partial charge is 0.309 e. The fourth-order valence-electron chi connectivity index (χ4n) is 9.00. The van der Waals surface area contributed by atoms with Crippen molar-refractivity contribution in [3.63, 3.8) is 0 Å². The van der Waals surface area contributed by atoms with E-state index in [0.29, 0.717) is 5.95 Å². The third-order valence-electron chi connectivity index (χ3n) is 11.7. The first-order chi connectivity index (χ1) is 28.8. The maximum atomic E-state index is 5.44. The van der Waals surface area contributed by atoms with Gasteiger partial charge in [0.1, 0.15) is 0 Å². The first-order valence-corrected chi connectivity index (χ1v) is 19.7. The van der Waals surface area contributed by atoms with E-state index in [1.807, 2.05) is 0 Å². The molecule has 0 unspecified atom stereocenters. The van der Waals surface area contributed by atoms with Gasteiger partial charge in [-0.25, -0.2) is 9.97 Å². The Labute approximate surface area is 334 Å². The predicted molar refractivity (Wildman–Crippen MR) is 242 cm³/mol. The first kappa shape index (κ1) is 32.4. The number of rotatable bonds is 5. The van der Waals surface area contributed by atoms with Crippen LogP contribution in [0, 0.1) is 0 Å². The number of fused-ring (bicyclic) bond motifs is 9. The van der Waals surface area contributed by atoms with Crippen LogP contribution in [0.4, 0.5) is 0 Å². The van der Waals surface area contributed by atoms with E-state index in [1.165, 1.54) is 44.1 Å². The van der Waals surface area contributed by atoms with Crippen molar-refractivity contribution in [3.8, 4) is 45.1 Å². The Morgan fingerprint density at radius 3 is 1.48 bits per heavy atom. The van der Waals surface area contributed by atoms with Gasteiger partial charge < -0.3 is 4.57 Å². The van der Waals surface area contributed by atoms with Crippen molar-refractivity contribution in [2.45, 2.75) is 0 Å². The highest BCUT2D eigenvalue weighted by molar-refractivity contribution is 6.13. The van der Waals surface area contributed by atoms with Gasteiger partial charge in [-0.05, 0) is 82.2 Å². The zero-order chi connectivity index (χ0) is 38.2. The maximum absolute atomic E-state index is 5.44. The second-order valence-corrected chi connectivity index (χ2v) is 15.0. The first-order valence-electron chi connectivity index (χ1n) is 19.7. The van der Waals surface area contributed by atoms with Crippen LogP contribution in [0.25, 0.3) is 110 Å². The molecule has 0 aliphatic rings. The van der Waals surface area contributed by atoms with Crippen LogP contribution in [0.15, 0.2) is 206 Å². The molecule has 4 nitrogen and oxygen atoms in total. The zero-order valence-corrected chi connectivity index (χ0v) is 31.4. The summed E-state index contributed by atoms with van der Waals surface area (Å²) in [6.07, 6.45) is 0. The number of hydrogen-bond acceptors (Lipinski definition) is 2. The van der Waals surface area contributed by atoms with Crippen molar-refractivity contribution in [2.24, 2.45) is 0 Å². The van der Waals surface area contributed by atoms with Crippen LogP contribution >= 0.6 is 0 Å². The lowest BCUT2D eigenvalue weighted by Crippen LogP contribution is -2.03. The average Bonchev–Trinajstić information content (AvgIpc) is 3.81. The molecule has 0 atom stereocenters. The van der Waals surface area contributed by atoms with E-state index in [9.17, 15) is 0 Å². The van der Waals surface area contributed by atoms with E-state index >= 15 is 0 Å². The molecule has 0 amide bonds. The molecule has 0 aliphatic carbocycles. The van der Waals surface area contributed by atoms with Gasteiger partial charge in [-0.2, -0.15) is 0 Å². The quantitative estimate of drug-likeness (QED) is 0.165. The van der Waals surface area contributed by atoms with Gasteiger partial charge in [0.15, 0.2) is 0 Å². The summed E-state index contributed by atoms with van der Waals surface area (Å²) >= 11 is 0. The third kappa shape index (κ3) is 5.02. The number of hydrogen-bond donors (Lipinski definition) is 0. The molecule has 3 aromatic heterocycles. The summed E-state index contributed by atoms with van der Waals surface area (Å²) in [5, 5.41) is 8.10. The van der Waals surface area contributed by atoms with E-state index in [1.54, 1.807) is 0 Å². The summed E-state index contributed by atoms with van der Waals surface area (Å²) in [6, 6.07) is 73.8. The lowest BCUT2D eigenvalue weighted by molar-refractivity contribution is 1.02. The normalized spacial score (nSPS) is 11.8. The predicted octanol–water partition coefficient (Wildman–Crippen LogP) is 14.0. The van der Waals surface area contributed by atoms with Gasteiger partial charge in [0.25, 0.3) is 0 Å². The summed E-state index contributed by atoms with van der Waals surface area (Å²) in [5.41, 5.74) is 13.3. The maximum Gasteiger partial charge on any atom is 0.235 e. The lowest BCUT2D eigenvalue weighted by Gasteiger charge is -2.14. The molecular formula is C54H34N4. The topological polar surface area (TPSA) is 35.6 Å². The minimum Gasteiger partial charge on any atom is -0.309 e. The standard InChI is InChI=1S/C54H34N4/c1-3-13-35(14-4-1)36-23-25-38(26-24-36)52-45-30-27-37-15-7-8-18-42(37)53(45)56-54(55-52)58-49-22-12-10-20-44(49)47-34-40(29-32-51(47)58)39-28-31-50-46(33-39)43-19-9-11-21-48(43)57(50)41-16-5-2-6-17-41/h1-34H. The van der Waals surface area contributed by atoms with Gasteiger partial charge in [-0.3, -0.25) is 4.57 Å². The molecule has 0 N–H and O–H groups in total. The Bertz CT molecular complexity index is 3540. The van der Waals surface area contributed by atoms with E-state index in [-0.39, 0.29) is 0 Å². The summed E-state index contributed by atoms with van der Waals surface area (Å²) in [7, 11) is 0. The molecule has 0 radical (unpaired) electrons. The molecule has 0 fully saturated rings. The van der Waals surface area contributed by atoms with Crippen molar-refractivity contribution in [3.05, 3.63) is 206 Å². The molecule has 0 saturated carbocycles. The average molecular weight is 739 g/mol. The van der Waals surface area contributed by atoms with Crippen LogP contribution in [0.2, 0.25) is 0 Å². The monoisotopic (exact) mass is 738 g/mol. The van der Waals surface area contributed by atoms with Crippen LogP contribution in [0.5, 0.6) is 0 Å². The van der Waals surface area contributed by atoms with E-state index in [2.05, 4.69) is 215 Å². The smallest absolute Gasteiger partial charge is 0.235 e. The molecule has 9 aromatic carbocycles. The summed E-state index contributed by atoms with van der Waals surface area (Å²) < 4.78 is 4.61. The summed E-state index contributed by atoms with van der Waals surface area (Å²) in [6.45, 7) is 0. The van der Waals surface area contributed by atoms with Crippen LogP contribution in [-0.4, -0.2) is 19.1 Å². The van der Waals surface area contributed by atoms with Crippen molar-refractivity contribution in [1.82, 2.24) is 19.1 Å². The second-order valence-electron chi connectivity index (χ2n) is 15.0. The lowest BCUT2D eigenvalue weighted by atomic mass is 9.99. The van der Waals surface area contributed by atoms with Gasteiger partial charge in [0.05, 0.1) is 33.3 Å². The van der Waals surface area contributed by atoms with Crippen molar-refractivity contribution < 1.29 is 0 Å². The highest BCUT2D eigenvalue weighted by Crippen LogP contribution is 2.39. The molecule has 0 spiro atoms. The van der Waals surface area contributed by atoms with Crippen molar-refractivity contribution >= 4 is 65.3 Å². The Hall–Kier alpha value is -7.82. The Morgan fingerprint density at radius 1 is 0.293 bits per heavy atom. The van der Waals surface area contributed by atoms with Crippen LogP contribution in [-0.2, 0) is 0 Å². The van der Waals surface area contributed by atoms with E-state index < -0.39 is 0 Å². The van der Waals surface area contributed by atoms with E-state index in [4.69, 9.17) is 9.97 Å². The van der Waals surface area contributed by atoms with E-state index in [0.717, 1.165) is 60.4 Å². The van der Waals surface area contributed by atoms with Gasteiger partial charge in [-0.1, -0.05) is 152 Å². The van der Waals surface area contributed by atoms with Gasteiger partial charge in [0.2, 0.25) is 5.95 Å². The Balaban J connectivity index is 1.06. The molecule has 0 aliphatic heterocycles. The second kappa shape index (κ2) is 12.9. The number of benzene rings is 9. The molecule has 3 heterocycles. The Morgan fingerprint density at radius 2 is 0.793 bits per heavy atom. The summed E-state index contributed by atoms with van der Waals surface area (Å²) in [5.74, 6) is 0.653. The molecule has 58 heavy (non-hydrogen) atoms. The minimum atomic E-state index is 0.653. The highest BCUT2D eigenvalue weighted by Gasteiger charge is 2.20. The van der Waals surface area contributed by atoms with Gasteiger partial charge in [-0.15, -0.1) is 0 Å². The van der Waals surface area contributed by atoms with Crippen molar-refractivity contribution in [2.75, 3.05) is 0 Å². The minimum absolute atomic E-state index is 0.653. The molecular weight excluding hydrogens is 705 g/mol. The van der Waals surface area contributed by atoms with Crippen molar-refractivity contribution in [1.29, 1.82) is 0 Å².